The van der Waals surface area contributed by atoms with Crippen molar-refractivity contribution in [3.05, 3.63) is 18.0 Å². The Morgan fingerprint density at radius 2 is 2.50 bits per heavy atom. The van der Waals surface area contributed by atoms with Crippen LogP contribution in [0.3, 0.4) is 0 Å². The van der Waals surface area contributed by atoms with Gasteiger partial charge >= 0.3 is 0 Å². The van der Waals surface area contributed by atoms with Gasteiger partial charge in [0.1, 0.15) is 0 Å². The Morgan fingerprint density at radius 1 is 1.75 bits per heavy atom. The SMILES string of the molecule is C#Cc1ncc(N)cc1OCC. The topological polar surface area (TPSA) is 48.1 Å². The number of nitrogens with two attached hydrogens (primary N) is 1. The van der Waals surface area contributed by atoms with Gasteiger partial charge in [-0.15, -0.1) is 6.42 Å². The lowest BCUT2D eigenvalue weighted by Crippen LogP contribution is -1.98. The number of terminal acetylenes is 1. The summed E-state index contributed by atoms with van der Waals surface area (Å²) in [4.78, 5) is 3.93. The third kappa shape index (κ3) is 1.67. The second kappa shape index (κ2) is 3.63. The maximum Gasteiger partial charge on any atom is 0.155 e. The quantitative estimate of drug-likeness (QED) is 0.661. The zero-order valence-corrected chi connectivity index (χ0v) is 6.87. The molecule has 1 aromatic rings. The van der Waals surface area contributed by atoms with Gasteiger partial charge in [0.25, 0.3) is 0 Å². The summed E-state index contributed by atoms with van der Waals surface area (Å²) in [5.74, 6) is 2.99. The van der Waals surface area contributed by atoms with Crippen molar-refractivity contribution in [1.29, 1.82) is 0 Å². The first-order valence-corrected chi connectivity index (χ1v) is 3.63. The summed E-state index contributed by atoms with van der Waals surface area (Å²) in [5, 5.41) is 0. The van der Waals surface area contributed by atoms with Crippen LogP contribution in [0.25, 0.3) is 0 Å². The summed E-state index contributed by atoms with van der Waals surface area (Å²) in [6, 6.07) is 1.67. The highest BCUT2D eigenvalue weighted by molar-refractivity contribution is 5.48. The van der Waals surface area contributed by atoms with Crippen LogP contribution in [0.1, 0.15) is 12.6 Å². The molecule has 0 saturated carbocycles. The molecule has 2 N–H and O–H groups in total. The molecular formula is C9H10N2O. The molecule has 3 heteroatoms. The molecule has 0 fully saturated rings. The highest BCUT2D eigenvalue weighted by Crippen LogP contribution is 2.17. The van der Waals surface area contributed by atoms with E-state index < -0.39 is 0 Å². The lowest BCUT2D eigenvalue weighted by atomic mass is 10.3. The number of anilines is 1. The minimum atomic E-state index is 0.492. The van der Waals surface area contributed by atoms with Crippen LogP contribution < -0.4 is 10.5 Å². The largest absolute Gasteiger partial charge is 0.491 e. The van der Waals surface area contributed by atoms with Gasteiger partial charge in [-0.2, -0.15) is 0 Å². The van der Waals surface area contributed by atoms with Crippen LogP contribution in [0.15, 0.2) is 12.3 Å². The van der Waals surface area contributed by atoms with Crippen LogP contribution in [0.2, 0.25) is 0 Å². The number of nitrogens with zero attached hydrogens (tertiary/aromatic N) is 1. The molecule has 0 unspecified atom stereocenters. The average Bonchev–Trinajstić information content (AvgIpc) is 2.05. The van der Waals surface area contributed by atoms with E-state index in [4.69, 9.17) is 16.9 Å². The van der Waals surface area contributed by atoms with Crippen molar-refractivity contribution in [3.8, 4) is 18.1 Å². The van der Waals surface area contributed by atoms with Crippen molar-refractivity contribution in [2.45, 2.75) is 6.92 Å². The van der Waals surface area contributed by atoms with Crippen LogP contribution in [0, 0.1) is 12.3 Å². The summed E-state index contributed by atoms with van der Waals surface area (Å²) in [7, 11) is 0. The Labute approximate surface area is 71.6 Å². The summed E-state index contributed by atoms with van der Waals surface area (Å²) in [6.45, 7) is 2.43. The molecule has 0 spiro atoms. The van der Waals surface area contributed by atoms with Crippen LogP contribution in [-0.4, -0.2) is 11.6 Å². The predicted molar refractivity (Wildman–Crippen MR) is 47.8 cm³/mol. The van der Waals surface area contributed by atoms with Gasteiger partial charge in [-0.3, -0.25) is 0 Å². The van der Waals surface area contributed by atoms with Crippen LogP contribution in [-0.2, 0) is 0 Å². The van der Waals surface area contributed by atoms with Gasteiger partial charge in [0, 0.05) is 6.07 Å². The van der Waals surface area contributed by atoms with Crippen LogP contribution >= 0.6 is 0 Å². The van der Waals surface area contributed by atoms with E-state index >= 15 is 0 Å². The van der Waals surface area contributed by atoms with Crippen molar-refractivity contribution in [2.24, 2.45) is 0 Å². The molecule has 0 aliphatic rings. The molecular weight excluding hydrogens is 152 g/mol. The van der Waals surface area contributed by atoms with E-state index in [0.29, 0.717) is 23.7 Å². The Balaban J connectivity index is 3.06. The lowest BCUT2D eigenvalue weighted by Gasteiger charge is -2.04. The van der Waals surface area contributed by atoms with Crippen molar-refractivity contribution in [3.63, 3.8) is 0 Å². The van der Waals surface area contributed by atoms with Crippen molar-refractivity contribution in [1.82, 2.24) is 4.98 Å². The molecule has 0 aromatic carbocycles. The standard InChI is InChI=1S/C9H10N2O/c1-3-8-9(12-4-2)5-7(10)6-11-8/h1,5-6H,4,10H2,2H3. The van der Waals surface area contributed by atoms with Gasteiger partial charge < -0.3 is 10.5 Å². The van der Waals surface area contributed by atoms with E-state index in [0.717, 1.165) is 0 Å². The highest BCUT2D eigenvalue weighted by atomic mass is 16.5. The van der Waals surface area contributed by atoms with E-state index in [9.17, 15) is 0 Å². The normalized spacial score (nSPS) is 9.00. The van der Waals surface area contributed by atoms with Gasteiger partial charge in [0.2, 0.25) is 0 Å². The van der Waals surface area contributed by atoms with Gasteiger partial charge in [-0.25, -0.2) is 4.98 Å². The smallest absolute Gasteiger partial charge is 0.155 e. The van der Waals surface area contributed by atoms with Gasteiger partial charge in [0.15, 0.2) is 11.4 Å². The maximum atomic E-state index is 5.50. The fourth-order valence-electron chi connectivity index (χ4n) is 0.834. The molecule has 0 bridgehead atoms. The Hall–Kier alpha value is -1.69. The fraction of sp³-hybridized carbons (Fsp3) is 0.222. The average molecular weight is 162 g/mol. The van der Waals surface area contributed by atoms with Gasteiger partial charge in [0.05, 0.1) is 18.5 Å². The van der Waals surface area contributed by atoms with Crippen LogP contribution in [0.5, 0.6) is 5.75 Å². The van der Waals surface area contributed by atoms with E-state index in [1.807, 2.05) is 6.92 Å². The first-order chi connectivity index (χ1) is 5.77. The minimum Gasteiger partial charge on any atom is -0.491 e. The third-order valence-corrected chi connectivity index (χ3v) is 1.31. The lowest BCUT2D eigenvalue weighted by molar-refractivity contribution is 0.338. The molecule has 0 amide bonds. The maximum absolute atomic E-state index is 5.50. The first-order valence-electron chi connectivity index (χ1n) is 3.63. The summed E-state index contributed by atoms with van der Waals surface area (Å²) in [6.07, 6.45) is 6.71. The zero-order chi connectivity index (χ0) is 8.97. The molecule has 62 valence electrons. The number of rotatable bonds is 2. The molecule has 0 aliphatic carbocycles. The third-order valence-electron chi connectivity index (χ3n) is 1.31. The number of hydrogen-bond acceptors (Lipinski definition) is 3. The molecule has 1 rings (SSSR count). The van der Waals surface area contributed by atoms with E-state index in [-0.39, 0.29) is 0 Å². The molecule has 0 atom stereocenters. The van der Waals surface area contributed by atoms with Crippen molar-refractivity contribution in [2.75, 3.05) is 12.3 Å². The van der Waals surface area contributed by atoms with E-state index in [1.165, 1.54) is 6.20 Å². The molecule has 0 aliphatic heterocycles. The van der Waals surface area contributed by atoms with Crippen molar-refractivity contribution < 1.29 is 4.74 Å². The molecule has 12 heavy (non-hydrogen) atoms. The second-order valence-electron chi connectivity index (χ2n) is 2.19. The number of pyridine rings is 1. The Morgan fingerprint density at radius 3 is 3.08 bits per heavy atom. The van der Waals surface area contributed by atoms with Gasteiger partial charge in [-0.1, -0.05) is 0 Å². The highest BCUT2D eigenvalue weighted by Gasteiger charge is 2.01. The van der Waals surface area contributed by atoms with Crippen molar-refractivity contribution >= 4 is 5.69 Å². The van der Waals surface area contributed by atoms with Crippen LogP contribution in [0.4, 0.5) is 5.69 Å². The Kier molecular flexibility index (Phi) is 2.54. The molecule has 1 heterocycles. The fourth-order valence-corrected chi connectivity index (χ4v) is 0.834. The van der Waals surface area contributed by atoms with E-state index in [1.54, 1.807) is 6.07 Å². The summed E-state index contributed by atoms with van der Waals surface area (Å²) in [5.41, 5.74) is 6.55. The first kappa shape index (κ1) is 8.41. The number of ether oxygens (including phenoxy) is 1. The second-order valence-corrected chi connectivity index (χ2v) is 2.19. The monoisotopic (exact) mass is 162 g/mol. The molecule has 0 radical (unpaired) electrons. The molecule has 1 aromatic heterocycles. The predicted octanol–water partition coefficient (Wildman–Crippen LogP) is 1.04. The molecule has 0 saturated heterocycles. The number of hydrogen-bond donors (Lipinski definition) is 1. The van der Waals surface area contributed by atoms with E-state index in [2.05, 4.69) is 10.9 Å². The summed E-state index contributed by atoms with van der Waals surface area (Å²) >= 11 is 0. The molecule has 3 nitrogen and oxygen atoms in total. The Bertz CT molecular complexity index is 315. The number of nitrogen functional groups attached to an aromatic ring is 1. The zero-order valence-electron chi connectivity index (χ0n) is 6.87. The van der Waals surface area contributed by atoms with Gasteiger partial charge in [-0.05, 0) is 12.8 Å². The summed E-state index contributed by atoms with van der Waals surface area (Å²) < 4.78 is 5.22. The minimum absolute atomic E-state index is 0.492. The number of aromatic nitrogens is 1.